The molecule has 0 N–H and O–H groups in total. The van der Waals surface area contributed by atoms with E-state index in [9.17, 15) is 0 Å². The summed E-state index contributed by atoms with van der Waals surface area (Å²) in [5.74, 6) is 3.54. The van der Waals surface area contributed by atoms with Gasteiger partial charge in [0.05, 0.1) is 26.4 Å². The quantitative estimate of drug-likeness (QED) is 0.0517. The third kappa shape index (κ3) is 13.4. The molecular formula is C52H60O10P2. The first-order chi connectivity index (χ1) is 31.2. The van der Waals surface area contributed by atoms with Crippen LogP contribution >= 0.6 is 17.2 Å². The molecule has 0 saturated carbocycles. The van der Waals surface area contributed by atoms with Crippen LogP contribution in [-0.4, -0.2) is 26.4 Å². The lowest BCUT2D eigenvalue weighted by atomic mass is 9.95. The van der Waals surface area contributed by atoms with Crippen LogP contribution in [0.1, 0.15) is 72.2 Å². The van der Waals surface area contributed by atoms with Crippen molar-refractivity contribution in [3.8, 4) is 45.6 Å². The highest BCUT2D eigenvalue weighted by atomic mass is 31.2. The Morgan fingerprint density at radius 1 is 0.344 bits per heavy atom. The molecule has 338 valence electrons. The molecule has 0 aromatic heterocycles. The van der Waals surface area contributed by atoms with Crippen molar-refractivity contribution in [2.75, 3.05) is 26.4 Å². The first-order valence-corrected chi connectivity index (χ1v) is 23.9. The van der Waals surface area contributed by atoms with E-state index in [-0.39, 0.29) is 0 Å². The van der Waals surface area contributed by atoms with Crippen LogP contribution in [0.5, 0.6) is 34.5 Å². The molecule has 0 aliphatic heterocycles. The minimum Gasteiger partial charge on any atom is -0.408 e. The highest BCUT2D eigenvalue weighted by molar-refractivity contribution is 7.43. The van der Waals surface area contributed by atoms with Gasteiger partial charge in [0.2, 0.25) is 0 Å². The van der Waals surface area contributed by atoms with E-state index in [2.05, 4.69) is 38.1 Å². The minimum absolute atomic E-state index is 0.369. The molecule has 0 heterocycles. The van der Waals surface area contributed by atoms with Crippen LogP contribution in [-0.2, 0) is 45.4 Å². The Bertz CT molecular complexity index is 2130. The summed E-state index contributed by atoms with van der Waals surface area (Å²) in [6.07, 6.45) is 0. The normalized spacial score (nSPS) is 11.2. The molecule has 64 heavy (non-hydrogen) atoms. The fraction of sp³-hybridized carbons (Fsp3) is 0.308. The van der Waals surface area contributed by atoms with Gasteiger partial charge in [-0.1, -0.05) is 84.9 Å². The second kappa shape index (κ2) is 24.8. The topological polar surface area (TPSA) is 92.3 Å². The molecule has 0 atom stereocenters. The lowest BCUT2D eigenvalue weighted by Gasteiger charge is -2.25. The Balaban J connectivity index is 1.45. The third-order valence-electron chi connectivity index (χ3n) is 9.89. The zero-order chi connectivity index (χ0) is 45.3. The number of para-hydroxylation sites is 4. The zero-order valence-corrected chi connectivity index (χ0v) is 40.0. The maximum Gasteiger partial charge on any atom is 0.530 e. The Hall–Kier alpha value is -5.18. The third-order valence-corrected chi connectivity index (χ3v) is 11.9. The lowest BCUT2D eigenvalue weighted by molar-refractivity contribution is 0.132. The SMILES string of the molecule is CCOCc1ccccc1OP(Oc1ccccc1COCC)Oc1c(C)cc(C)cc1-c1cc(C)cc(C)c1OP(Oc1ccccc1COCC)Oc1ccccc1COCC. The van der Waals surface area contributed by atoms with Crippen molar-refractivity contribution < 1.29 is 46.1 Å². The Kier molecular flexibility index (Phi) is 18.7. The minimum atomic E-state index is -2.13. The predicted molar refractivity (Wildman–Crippen MR) is 256 cm³/mol. The van der Waals surface area contributed by atoms with Crippen molar-refractivity contribution in [3.05, 3.63) is 166 Å². The Morgan fingerprint density at radius 2 is 0.609 bits per heavy atom. The molecular weight excluding hydrogens is 847 g/mol. The molecule has 0 radical (unpaired) electrons. The van der Waals surface area contributed by atoms with Crippen molar-refractivity contribution >= 4 is 17.2 Å². The second-order valence-electron chi connectivity index (χ2n) is 14.9. The van der Waals surface area contributed by atoms with Gasteiger partial charge in [-0.15, -0.1) is 0 Å². The van der Waals surface area contributed by atoms with Gasteiger partial charge in [0.1, 0.15) is 34.5 Å². The summed E-state index contributed by atoms with van der Waals surface area (Å²) in [5.41, 5.74) is 8.89. The molecule has 0 spiro atoms. The lowest BCUT2D eigenvalue weighted by Crippen LogP contribution is -2.09. The number of hydrogen-bond donors (Lipinski definition) is 0. The van der Waals surface area contributed by atoms with Crippen molar-refractivity contribution in [2.24, 2.45) is 0 Å². The van der Waals surface area contributed by atoms with E-state index in [1.165, 1.54) is 0 Å². The summed E-state index contributed by atoms with van der Waals surface area (Å²) in [6.45, 7) is 19.8. The monoisotopic (exact) mass is 906 g/mol. The van der Waals surface area contributed by atoms with Crippen LogP contribution in [0.25, 0.3) is 11.1 Å². The summed E-state index contributed by atoms with van der Waals surface area (Å²) in [6, 6.07) is 39.5. The number of ether oxygens (including phenoxy) is 4. The van der Waals surface area contributed by atoms with Gasteiger partial charge in [-0.25, -0.2) is 0 Å². The second-order valence-corrected chi connectivity index (χ2v) is 16.9. The summed E-state index contributed by atoms with van der Waals surface area (Å²) in [5, 5.41) is 0. The van der Waals surface area contributed by atoms with Crippen molar-refractivity contribution in [3.63, 3.8) is 0 Å². The smallest absolute Gasteiger partial charge is 0.408 e. The van der Waals surface area contributed by atoms with Crippen LogP contribution in [0.3, 0.4) is 0 Å². The highest BCUT2D eigenvalue weighted by Crippen LogP contribution is 2.52. The zero-order valence-electron chi connectivity index (χ0n) is 38.2. The number of hydrogen-bond acceptors (Lipinski definition) is 10. The van der Waals surface area contributed by atoms with E-state index < -0.39 is 17.2 Å². The molecule has 0 bridgehead atoms. The average molecular weight is 907 g/mol. The molecule has 6 aromatic carbocycles. The van der Waals surface area contributed by atoms with Crippen LogP contribution in [0, 0.1) is 27.7 Å². The van der Waals surface area contributed by atoms with Crippen LogP contribution in [0.15, 0.2) is 121 Å². The molecule has 12 heteroatoms. The Labute approximate surface area is 381 Å². The fourth-order valence-electron chi connectivity index (χ4n) is 6.83. The van der Waals surface area contributed by atoms with Crippen molar-refractivity contribution in [2.45, 2.75) is 81.8 Å². The van der Waals surface area contributed by atoms with Gasteiger partial charge in [-0.2, -0.15) is 0 Å². The first kappa shape index (κ1) is 48.3. The summed E-state index contributed by atoms with van der Waals surface area (Å²) in [4.78, 5) is 0. The van der Waals surface area contributed by atoms with Gasteiger partial charge in [-0.3, -0.25) is 0 Å². The van der Waals surface area contributed by atoms with E-state index >= 15 is 0 Å². The van der Waals surface area contributed by atoms with Gasteiger partial charge < -0.3 is 46.1 Å². The number of aryl methyl sites for hydroxylation is 4. The summed E-state index contributed by atoms with van der Waals surface area (Å²) in [7, 11) is -4.26. The number of rotatable bonds is 25. The van der Waals surface area contributed by atoms with Gasteiger partial charge in [0.25, 0.3) is 0 Å². The molecule has 0 saturated heterocycles. The maximum absolute atomic E-state index is 7.05. The average Bonchev–Trinajstić information content (AvgIpc) is 3.29. The molecule has 0 fully saturated rings. The van der Waals surface area contributed by atoms with Crippen molar-refractivity contribution in [1.29, 1.82) is 0 Å². The molecule has 0 aliphatic rings. The highest BCUT2D eigenvalue weighted by Gasteiger charge is 2.30. The Morgan fingerprint density at radius 3 is 0.875 bits per heavy atom. The van der Waals surface area contributed by atoms with E-state index in [0.29, 0.717) is 87.4 Å². The largest absolute Gasteiger partial charge is 0.530 e. The molecule has 0 unspecified atom stereocenters. The summed E-state index contributed by atoms with van der Waals surface area (Å²) >= 11 is 0. The molecule has 6 aromatic rings. The van der Waals surface area contributed by atoms with Crippen LogP contribution < -0.4 is 27.1 Å². The predicted octanol–water partition coefficient (Wildman–Crippen LogP) is 14.3. The van der Waals surface area contributed by atoms with Gasteiger partial charge in [-0.05, 0) is 114 Å². The summed E-state index contributed by atoms with van der Waals surface area (Å²) < 4.78 is 64.4. The van der Waals surface area contributed by atoms with E-state index in [1.807, 2.05) is 139 Å². The molecule has 6 rings (SSSR count). The van der Waals surface area contributed by atoms with Crippen LogP contribution in [0.2, 0.25) is 0 Å². The standard InChI is InChI=1S/C52H60O10P2/c1-9-53-33-41-21-13-17-25-47(41)57-63(58-48-26-18-14-22-42(48)34-54-10-2)61-51-39(7)29-37(5)31-45(51)46-32-38(6)30-40(8)52(46)62-64(59-49-27-19-15-23-43(49)35-55-11-3)60-50-28-20-16-24-44(50)36-56-12-4/h13-32H,9-12,33-36H2,1-8H3. The van der Waals surface area contributed by atoms with E-state index in [4.69, 9.17) is 46.1 Å². The number of benzene rings is 6. The maximum atomic E-state index is 7.05. The molecule has 0 aliphatic carbocycles. The van der Waals surface area contributed by atoms with E-state index in [1.54, 1.807) is 0 Å². The first-order valence-electron chi connectivity index (χ1n) is 21.7. The fourth-order valence-corrected chi connectivity index (χ4v) is 9.19. The molecule has 10 nitrogen and oxygen atoms in total. The molecule has 0 amide bonds. The van der Waals surface area contributed by atoms with Gasteiger partial charge in [0, 0.05) is 59.8 Å². The van der Waals surface area contributed by atoms with Gasteiger partial charge >= 0.3 is 17.2 Å². The van der Waals surface area contributed by atoms with Crippen molar-refractivity contribution in [1.82, 2.24) is 0 Å². The van der Waals surface area contributed by atoms with Crippen LogP contribution in [0.4, 0.5) is 0 Å². The van der Waals surface area contributed by atoms with Gasteiger partial charge in [0.15, 0.2) is 0 Å². The van der Waals surface area contributed by atoms with E-state index in [0.717, 1.165) is 55.6 Å².